The molecular weight excluding hydrogens is 294 g/mol. The van der Waals surface area contributed by atoms with Crippen molar-refractivity contribution in [2.75, 3.05) is 0 Å². The maximum atomic E-state index is 12.0. The Labute approximate surface area is 136 Å². The predicted octanol–water partition coefficient (Wildman–Crippen LogP) is 2.83. The molecule has 0 amide bonds. The smallest absolute Gasteiger partial charge is 0.354 e. The molecule has 5 heteroatoms. The van der Waals surface area contributed by atoms with Gasteiger partial charge in [0, 0.05) is 6.92 Å². The lowest BCUT2D eigenvalue weighted by atomic mass is 10.2. The lowest BCUT2D eigenvalue weighted by Gasteiger charge is -2.18. The largest absolute Gasteiger partial charge is 0.456 e. The normalized spacial score (nSPS) is 16.9. The number of ether oxygens (including phenoxy) is 2. The zero-order valence-electron chi connectivity index (χ0n) is 13.4. The fourth-order valence-electron chi connectivity index (χ4n) is 2.43. The molecule has 1 unspecified atom stereocenters. The zero-order valence-corrected chi connectivity index (χ0v) is 13.4. The van der Waals surface area contributed by atoms with Crippen molar-refractivity contribution in [1.82, 2.24) is 5.32 Å². The van der Waals surface area contributed by atoms with Crippen molar-refractivity contribution < 1.29 is 19.1 Å². The van der Waals surface area contributed by atoms with E-state index in [2.05, 4.69) is 11.9 Å². The highest BCUT2D eigenvalue weighted by atomic mass is 16.5. The van der Waals surface area contributed by atoms with Crippen LogP contribution >= 0.6 is 0 Å². The van der Waals surface area contributed by atoms with E-state index < -0.39 is 5.97 Å². The second-order valence-electron chi connectivity index (χ2n) is 5.50. The monoisotopic (exact) mass is 315 g/mol. The maximum Gasteiger partial charge on any atom is 0.354 e. The number of carbonyl (C=O) groups is 2. The first kappa shape index (κ1) is 16.8. The van der Waals surface area contributed by atoms with Gasteiger partial charge in [0.1, 0.15) is 18.4 Å². The van der Waals surface area contributed by atoms with Gasteiger partial charge in [0.05, 0.1) is 5.70 Å². The minimum atomic E-state index is -0.525. The van der Waals surface area contributed by atoms with Gasteiger partial charge in [-0.15, -0.1) is 0 Å². The third-order valence-corrected chi connectivity index (χ3v) is 3.62. The second kappa shape index (κ2) is 7.63. The number of hydrogen-bond acceptors (Lipinski definition) is 5. The molecule has 1 aromatic carbocycles. The minimum absolute atomic E-state index is 0.134. The molecule has 0 spiro atoms. The first-order valence-corrected chi connectivity index (χ1v) is 7.51. The highest BCUT2D eigenvalue weighted by Gasteiger charge is 2.27. The third-order valence-electron chi connectivity index (χ3n) is 3.62. The molecule has 1 aliphatic rings. The molecular formula is C18H21NO4. The van der Waals surface area contributed by atoms with Crippen LogP contribution in [0.4, 0.5) is 0 Å². The molecule has 1 atom stereocenters. The van der Waals surface area contributed by atoms with Crippen LogP contribution in [0.5, 0.6) is 0 Å². The van der Waals surface area contributed by atoms with E-state index in [0.717, 1.165) is 23.3 Å². The van der Waals surface area contributed by atoms with E-state index in [1.165, 1.54) is 6.92 Å². The van der Waals surface area contributed by atoms with Gasteiger partial charge in [0.15, 0.2) is 0 Å². The molecule has 0 saturated carbocycles. The topological polar surface area (TPSA) is 64.6 Å². The fourth-order valence-corrected chi connectivity index (χ4v) is 2.43. The Bertz CT molecular complexity index is 634. The van der Waals surface area contributed by atoms with Crippen LogP contribution in [0.25, 0.3) is 0 Å². The van der Waals surface area contributed by atoms with Gasteiger partial charge < -0.3 is 14.8 Å². The summed E-state index contributed by atoms with van der Waals surface area (Å²) in [6.07, 6.45) is 1.17. The van der Waals surface area contributed by atoms with Crippen molar-refractivity contribution in [2.24, 2.45) is 0 Å². The van der Waals surface area contributed by atoms with Crippen molar-refractivity contribution in [3.05, 3.63) is 59.4 Å². The number of esters is 2. The van der Waals surface area contributed by atoms with Crippen LogP contribution in [0.1, 0.15) is 32.3 Å². The summed E-state index contributed by atoms with van der Waals surface area (Å²) in [6, 6.07) is 9.42. The minimum Gasteiger partial charge on any atom is -0.456 e. The Morgan fingerprint density at radius 3 is 2.65 bits per heavy atom. The van der Waals surface area contributed by atoms with Crippen LogP contribution in [-0.4, -0.2) is 18.0 Å². The summed E-state index contributed by atoms with van der Waals surface area (Å²) < 4.78 is 10.5. The highest BCUT2D eigenvalue weighted by molar-refractivity contribution is 5.87. The summed E-state index contributed by atoms with van der Waals surface area (Å²) in [5.41, 5.74) is 2.81. The molecule has 122 valence electrons. The Balaban J connectivity index is 1.91. The van der Waals surface area contributed by atoms with Crippen LogP contribution in [-0.2, 0) is 25.7 Å². The average Bonchev–Trinajstić information content (AvgIpc) is 2.86. The molecule has 0 aliphatic heterocycles. The highest BCUT2D eigenvalue weighted by Crippen LogP contribution is 2.27. The molecule has 0 aromatic heterocycles. The van der Waals surface area contributed by atoms with Gasteiger partial charge in [-0.2, -0.15) is 0 Å². The number of hydrogen-bond donors (Lipinski definition) is 1. The first-order chi connectivity index (χ1) is 11.0. The third kappa shape index (κ3) is 4.71. The Morgan fingerprint density at radius 1 is 1.30 bits per heavy atom. The van der Waals surface area contributed by atoms with Gasteiger partial charge >= 0.3 is 11.9 Å². The number of benzene rings is 1. The van der Waals surface area contributed by atoms with E-state index in [9.17, 15) is 9.59 Å². The van der Waals surface area contributed by atoms with Crippen LogP contribution in [0, 0.1) is 0 Å². The SMILES string of the molecule is C=C(NC1=C(C)CCC1OC(C)=O)C(=O)OCc1ccccc1. The van der Waals surface area contributed by atoms with Crippen molar-refractivity contribution >= 4 is 11.9 Å². The zero-order chi connectivity index (χ0) is 16.8. The predicted molar refractivity (Wildman–Crippen MR) is 86.0 cm³/mol. The maximum absolute atomic E-state index is 12.0. The standard InChI is InChI=1S/C18H21NO4/c1-12-9-10-16(23-14(3)20)17(12)19-13(2)18(21)22-11-15-7-5-4-6-8-15/h4-8,16,19H,2,9-11H2,1,3H3. The van der Waals surface area contributed by atoms with Crippen molar-refractivity contribution in [2.45, 2.75) is 39.4 Å². The molecule has 0 saturated heterocycles. The van der Waals surface area contributed by atoms with Crippen molar-refractivity contribution in [1.29, 1.82) is 0 Å². The van der Waals surface area contributed by atoms with Gasteiger partial charge in [-0.05, 0) is 25.3 Å². The summed E-state index contributed by atoms with van der Waals surface area (Å²) >= 11 is 0. The van der Waals surface area contributed by atoms with Crippen molar-refractivity contribution in [3.8, 4) is 0 Å². The van der Waals surface area contributed by atoms with Gasteiger partial charge in [-0.25, -0.2) is 4.79 Å². The lowest BCUT2D eigenvalue weighted by Crippen LogP contribution is -2.28. The molecule has 0 fully saturated rings. The summed E-state index contributed by atoms with van der Waals surface area (Å²) in [5, 5.41) is 2.95. The molecule has 5 nitrogen and oxygen atoms in total. The molecule has 0 bridgehead atoms. The van der Waals surface area contributed by atoms with Gasteiger partial charge in [0.25, 0.3) is 0 Å². The van der Waals surface area contributed by atoms with Crippen LogP contribution in [0.2, 0.25) is 0 Å². The van der Waals surface area contributed by atoms with Gasteiger partial charge in [0.2, 0.25) is 0 Å². The molecule has 0 heterocycles. The number of rotatable bonds is 6. The Kier molecular flexibility index (Phi) is 5.57. The Hall–Kier alpha value is -2.56. The lowest BCUT2D eigenvalue weighted by molar-refractivity contribution is -0.144. The van der Waals surface area contributed by atoms with E-state index in [1.807, 2.05) is 37.3 Å². The molecule has 23 heavy (non-hydrogen) atoms. The van der Waals surface area contributed by atoms with E-state index >= 15 is 0 Å². The summed E-state index contributed by atoms with van der Waals surface area (Å²) in [6.45, 7) is 7.21. The van der Waals surface area contributed by atoms with Crippen LogP contribution in [0.3, 0.4) is 0 Å². The molecule has 1 aliphatic carbocycles. The summed E-state index contributed by atoms with van der Waals surface area (Å²) in [7, 11) is 0. The number of carbonyl (C=O) groups excluding carboxylic acids is 2. The second-order valence-corrected chi connectivity index (χ2v) is 5.50. The van der Waals surface area contributed by atoms with Crippen LogP contribution in [0.15, 0.2) is 53.9 Å². The van der Waals surface area contributed by atoms with E-state index in [-0.39, 0.29) is 24.4 Å². The van der Waals surface area contributed by atoms with Gasteiger partial charge in [-0.1, -0.05) is 42.5 Å². The van der Waals surface area contributed by atoms with E-state index in [1.54, 1.807) is 0 Å². The molecule has 2 rings (SSSR count). The number of allylic oxidation sites excluding steroid dienone is 1. The molecule has 1 N–H and O–H groups in total. The van der Waals surface area contributed by atoms with Gasteiger partial charge in [-0.3, -0.25) is 4.79 Å². The fraction of sp³-hybridized carbons (Fsp3) is 0.333. The van der Waals surface area contributed by atoms with Crippen molar-refractivity contribution in [3.63, 3.8) is 0 Å². The summed E-state index contributed by atoms with van der Waals surface area (Å²) in [5.74, 6) is -0.871. The molecule has 1 aromatic rings. The Morgan fingerprint density at radius 2 is 2.00 bits per heavy atom. The quantitative estimate of drug-likeness (QED) is 0.646. The summed E-state index contributed by atoms with van der Waals surface area (Å²) in [4.78, 5) is 23.2. The molecule has 0 radical (unpaired) electrons. The first-order valence-electron chi connectivity index (χ1n) is 7.51. The van der Waals surface area contributed by atoms with E-state index in [0.29, 0.717) is 6.42 Å². The average molecular weight is 315 g/mol. The van der Waals surface area contributed by atoms with Crippen LogP contribution < -0.4 is 5.32 Å². The number of nitrogens with one attached hydrogen (secondary N) is 1. The van der Waals surface area contributed by atoms with E-state index in [4.69, 9.17) is 9.47 Å².